The Balaban J connectivity index is 3.10. The fourth-order valence-electron chi connectivity index (χ4n) is 0.962. The highest BCUT2D eigenvalue weighted by Gasteiger charge is 1.97. The van der Waals surface area contributed by atoms with Crippen LogP contribution in [0.3, 0.4) is 0 Å². The van der Waals surface area contributed by atoms with Gasteiger partial charge in [0.2, 0.25) is 0 Å². The van der Waals surface area contributed by atoms with Crippen molar-refractivity contribution in [2.45, 2.75) is 13.8 Å². The molecule has 0 spiro atoms. The standard InChI is InChI=1S/C8H12N2/c1-4-9-8-7(2)5-6-10(8)3/h4-6H,1-3H3. The van der Waals surface area contributed by atoms with Gasteiger partial charge in [-0.15, -0.1) is 0 Å². The molecule has 2 heteroatoms. The highest BCUT2D eigenvalue weighted by Crippen LogP contribution is 2.17. The van der Waals surface area contributed by atoms with Crippen LogP contribution in [0.25, 0.3) is 0 Å². The first-order chi connectivity index (χ1) is 4.75. The van der Waals surface area contributed by atoms with Gasteiger partial charge in [0.1, 0.15) is 5.82 Å². The van der Waals surface area contributed by atoms with Crippen molar-refractivity contribution in [2.24, 2.45) is 12.0 Å². The molecule has 1 aromatic rings. The van der Waals surface area contributed by atoms with Crippen molar-refractivity contribution < 1.29 is 0 Å². The molecular formula is C8H12N2. The molecule has 0 saturated carbocycles. The smallest absolute Gasteiger partial charge is 0.134 e. The molecule has 0 aliphatic heterocycles. The molecule has 0 amide bonds. The second-order valence-corrected chi connectivity index (χ2v) is 2.32. The SMILES string of the molecule is CC=Nc1c(C)ccn1C. The fraction of sp³-hybridized carbons (Fsp3) is 0.375. The highest BCUT2D eigenvalue weighted by atomic mass is 15.0. The number of aryl methyl sites for hydroxylation is 2. The normalized spacial score (nSPS) is 11.1. The maximum atomic E-state index is 4.20. The van der Waals surface area contributed by atoms with E-state index in [1.807, 2.05) is 30.9 Å². The molecule has 0 aromatic carbocycles. The van der Waals surface area contributed by atoms with E-state index in [1.54, 1.807) is 0 Å². The summed E-state index contributed by atoms with van der Waals surface area (Å²) < 4.78 is 2.01. The minimum absolute atomic E-state index is 1.04. The summed E-state index contributed by atoms with van der Waals surface area (Å²) in [5.74, 6) is 1.04. The summed E-state index contributed by atoms with van der Waals surface area (Å²) in [5.41, 5.74) is 1.22. The number of aliphatic imine (C=N–C) groups is 1. The van der Waals surface area contributed by atoms with Crippen LogP contribution in [0, 0.1) is 6.92 Å². The first-order valence-corrected chi connectivity index (χ1v) is 3.36. The summed E-state index contributed by atoms with van der Waals surface area (Å²) in [6.07, 6.45) is 3.82. The van der Waals surface area contributed by atoms with Crippen LogP contribution >= 0.6 is 0 Å². The van der Waals surface area contributed by atoms with Gasteiger partial charge >= 0.3 is 0 Å². The van der Waals surface area contributed by atoms with Crippen molar-refractivity contribution in [1.82, 2.24) is 4.57 Å². The fourth-order valence-corrected chi connectivity index (χ4v) is 0.962. The van der Waals surface area contributed by atoms with E-state index < -0.39 is 0 Å². The molecule has 0 saturated heterocycles. The van der Waals surface area contributed by atoms with Crippen LogP contribution in [0.5, 0.6) is 0 Å². The zero-order valence-corrected chi connectivity index (χ0v) is 6.63. The zero-order chi connectivity index (χ0) is 7.56. The zero-order valence-electron chi connectivity index (χ0n) is 6.63. The third-order valence-corrected chi connectivity index (χ3v) is 1.49. The van der Waals surface area contributed by atoms with E-state index in [0.717, 1.165) is 5.82 Å². The van der Waals surface area contributed by atoms with Crippen molar-refractivity contribution in [3.05, 3.63) is 17.8 Å². The van der Waals surface area contributed by atoms with Crippen molar-refractivity contribution in [3.63, 3.8) is 0 Å². The number of aromatic nitrogens is 1. The summed E-state index contributed by atoms with van der Waals surface area (Å²) in [6.45, 7) is 3.98. The van der Waals surface area contributed by atoms with E-state index in [0.29, 0.717) is 0 Å². The van der Waals surface area contributed by atoms with E-state index in [4.69, 9.17) is 0 Å². The van der Waals surface area contributed by atoms with E-state index >= 15 is 0 Å². The quantitative estimate of drug-likeness (QED) is 0.526. The Morgan fingerprint density at radius 2 is 2.30 bits per heavy atom. The molecule has 0 N–H and O–H groups in total. The largest absolute Gasteiger partial charge is 0.336 e. The molecule has 0 atom stereocenters. The lowest BCUT2D eigenvalue weighted by atomic mass is 10.4. The van der Waals surface area contributed by atoms with Crippen molar-refractivity contribution >= 4 is 12.0 Å². The van der Waals surface area contributed by atoms with Crippen molar-refractivity contribution in [1.29, 1.82) is 0 Å². The molecule has 1 heterocycles. The number of hydrogen-bond donors (Lipinski definition) is 0. The van der Waals surface area contributed by atoms with E-state index in [-0.39, 0.29) is 0 Å². The Labute approximate surface area is 61.2 Å². The molecule has 54 valence electrons. The minimum atomic E-state index is 1.04. The maximum Gasteiger partial charge on any atom is 0.134 e. The van der Waals surface area contributed by atoms with Gasteiger partial charge in [-0.3, -0.25) is 0 Å². The van der Waals surface area contributed by atoms with Gasteiger partial charge in [0.25, 0.3) is 0 Å². The van der Waals surface area contributed by atoms with E-state index in [9.17, 15) is 0 Å². The molecule has 0 radical (unpaired) electrons. The minimum Gasteiger partial charge on any atom is -0.336 e. The summed E-state index contributed by atoms with van der Waals surface area (Å²) in [5, 5.41) is 0. The van der Waals surface area contributed by atoms with Gasteiger partial charge in [-0.25, -0.2) is 4.99 Å². The van der Waals surface area contributed by atoms with Crippen molar-refractivity contribution in [2.75, 3.05) is 0 Å². The Kier molecular flexibility index (Phi) is 1.90. The van der Waals surface area contributed by atoms with Crippen LogP contribution in [-0.4, -0.2) is 10.8 Å². The van der Waals surface area contributed by atoms with E-state index in [1.165, 1.54) is 5.56 Å². The van der Waals surface area contributed by atoms with Crippen LogP contribution in [0.15, 0.2) is 17.3 Å². The highest BCUT2D eigenvalue weighted by molar-refractivity contribution is 5.60. The Morgan fingerprint density at radius 1 is 1.60 bits per heavy atom. The Morgan fingerprint density at radius 3 is 2.70 bits per heavy atom. The third-order valence-electron chi connectivity index (χ3n) is 1.49. The summed E-state index contributed by atoms with van der Waals surface area (Å²) in [4.78, 5) is 4.20. The summed E-state index contributed by atoms with van der Waals surface area (Å²) in [6, 6.07) is 2.06. The van der Waals surface area contributed by atoms with Crippen LogP contribution in [-0.2, 0) is 7.05 Å². The van der Waals surface area contributed by atoms with Gasteiger partial charge in [0.15, 0.2) is 0 Å². The molecule has 0 aliphatic carbocycles. The first kappa shape index (κ1) is 7.06. The van der Waals surface area contributed by atoms with Gasteiger partial charge in [-0.05, 0) is 25.5 Å². The van der Waals surface area contributed by atoms with Gasteiger partial charge in [-0.1, -0.05) is 0 Å². The molecule has 2 nitrogen and oxygen atoms in total. The second kappa shape index (κ2) is 2.69. The molecular weight excluding hydrogens is 124 g/mol. The molecule has 0 fully saturated rings. The maximum absolute atomic E-state index is 4.20. The van der Waals surface area contributed by atoms with Gasteiger partial charge in [0.05, 0.1) is 0 Å². The number of hydrogen-bond acceptors (Lipinski definition) is 1. The predicted octanol–water partition coefficient (Wildman–Crippen LogP) is 2.06. The van der Waals surface area contributed by atoms with Crippen molar-refractivity contribution in [3.8, 4) is 0 Å². The molecule has 0 unspecified atom stereocenters. The third kappa shape index (κ3) is 1.10. The lowest BCUT2D eigenvalue weighted by Gasteiger charge is -1.95. The topological polar surface area (TPSA) is 17.3 Å². The molecule has 0 bridgehead atoms. The van der Waals surface area contributed by atoms with E-state index in [2.05, 4.69) is 18.0 Å². The van der Waals surface area contributed by atoms with Crippen LogP contribution in [0.1, 0.15) is 12.5 Å². The lowest BCUT2D eigenvalue weighted by molar-refractivity contribution is 0.923. The second-order valence-electron chi connectivity index (χ2n) is 2.32. The van der Waals surface area contributed by atoms with Gasteiger partial charge in [0, 0.05) is 19.5 Å². The first-order valence-electron chi connectivity index (χ1n) is 3.36. The predicted molar refractivity (Wildman–Crippen MR) is 44.0 cm³/mol. The molecule has 1 aromatic heterocycles. The average Bonchev–Trinajstić information content (AvgIpc) is 2.20. The Bertz CT molecular complexity index is 226. The van der Waals surface area contributed by atoms with Gasteiger partial charge in [-0.2, -0.15) is 0 Å². The van der Waals surface area contributed by atoms with Crippen LogP contribution in [0.2, 0.25) is 0 Å². The molecule has 0 aliphatic rings. The number of rotatable bonds is 1. The average molecular weight is 136 g/mol. The molecule has 1 rings (SSSR count). The molecule has 10 heavy (non-hydrogen) atoms. The Hall–Kier alpha value is -1.05. The number of nitrogens with zero attached hydrogens (tertiary/aromatic N) is 2. The van der Waals surface area contributed by atoms with Crippen LogP contribution < -0.4 is 0 Å². The summed E-state index contributed by atoms with van der Waals surface area (Å²) >= 11 is 0. The monoisotopic (exact) mass is 136 g/mol. The lowest BCUT2D eigenvalue weighted by Crippen LogP contribution is -1.82. The van der Waals surface area contributed by atoms with Crippen LogP contribution in [0.4, 0.5) is 5.82 Å². The summed E-state index contributed by atoms with van der Waals surface area (Å²) in [7, 11) is 2.00. The van der Waals surface area contributed by atoms with Gasteiger partial charge < -0.3 is 4.57 Å².